The fourth-order valence-corrected chi connectivity index (χ4v) is 1.32. The first-order chi connectivity index (χ1) is 5.75. The Labute approximate surface area is 80.0 Å². The SMILES string of the molecule is C#CCN(C)c1ncncc1Br. The lowest BCUT2D eigenvalue weighted by molar-refractivity contribution is 0.980. The normalized spacial score (nSPS) is 9.08. The van der Waals surface area contributed by atoms with Gasteiger partial charge in [0.1, 0.15) is 12.1 Å². The van der Waals surface area contributed by atoms with Crippen LogP contribution in [0.4, 0.5) is 5.82 Å². The van der Waals surface area contributed by atoms with Gasteiger partial charge in [-0.05, 0) is 15.9 Å². The van der Waals surface area contributed by atoms with Crippen LogP contribution in [-0.2, 0) is 0 Å². The van der Waals surface area contributed by atoms with Crippen molar-refractivity contribution in [2.45, 2.75) is 0 Å². The molecule has 0 radical (unpaired) electrons. The molecule has 0 aliphatic rings. The van der Waals surface area contributed by atoms with Gasteiger partial charge >= 0.3 is 0 Å². The molecule has 1 aromatic heterocycles. The molecule has 0 aliphatic heterocycles. The molecule has 0 saturated heterocycles. The Morgan fingerprint density at radius 2 is 2.50 bits per heavy atom. The van der Waals surface area contributed by atoms with Crippen LogP contribution in [0.15, 0.2) is 17.0 Å². The Hall–Kier alpha value is -1.08. The summed E-state index contributed by atoms with van der Waals surface area (Å²) >= 11 is 3.33. The smallest absolute Gasteiger partial charge is 0.146 e. The molecule has 4 heteroatoms. The standard InChI is InChI=1S/C8H8BrN3/c1-3-4-12(2)8-7(9)5-10-6-11-8/h1,5-6H,4H2,2H3. The van der Waals surface area contributed by atoms with Crippen molar-refractivity contribution in [2.24, 2.45) is 0 Å². The van der Waals surface area contributed by atoms with E-state index in [2.05, 4.69) is 31.8 Å². The van der Waals surface area contributed by atoms with Crippen LogP contribution in [0.2, 0.25) is 0 Å². The number of halogens is 1. The second kappa shape index (κ2) is 4.07. The fraction of sp³-hybridized carbons (Fsp3) is 0.250. The Morgan fingerprint density at radius 3 is 3.08 bits per heavy atom. The van der Waals surface area contributed by atoms with Crippen LogP contribution in [0.1, 0.15) is 0 Å². The largest absolute Gasteiger partial charge is 0.347 e. The highest BCUT2D eigenvalue weighted by Crippen LogP contribution is 2.19. The van der Waals surface area contributed by atoms with Crippen LogP contribution >= 0.6 is 15.9 Å². The highest BCUT2D eigenvalue weighted by molar-refractivity contribution is 9.10. The lowest BCUT2D eigenvalue weighted by atomic mass is 10.5. The zero-order valence-electron chi connectivity index (χ0n) is 6.66. The van der Waals surface area contributed by atoms with E-state index in [4.69, 9.17) is 6.42 Å². The quantitative estimate of drug-likeness (QED) is 0.712. The van der Waals surface area contributed by atoms with E-state index in [9.17, 15) is 0 Å². The van der Waals surface area contributed by atoms with E-state index in [1.807, 2.05) is 11.9 Å². The average molecular weight is 226 g/mol. The molecule has 62 valence electrons. The third kappa shape index (κ3) is 1.95. The van der Waals surface area contributed by atoms with Gasteiger partial charge in [0.25, 0.3) is 0 Å². The molecule has 0 unspecified atom stereocenters. The molecule has 0 spiro atoms. The van der Waals surface area contributed by atoms with E-state index in [0.717, 1.165) is 10.3 Å². The van der Waals surface area contributed by atoms with Crippen LogP contribution in [0, 0.1) is 12.3 Å². The van der Waals surface area contributed by atoms with Crippen molar-refractivity contribution in [3.63, 3.8) is 0 Å². The molecule has 0 N–H and O–H groups in total. The molecule has 1 aromatic rings. The Balaban J connectivity index is 2.88. The van der Waals surface area contributed by atoms with Crippen molar-refractivity contribution < 1.29 is 0 Å². The summed E-state index contributed by atoms with van der Waals surface area (Å²) in [6.07, 6.45) is 8.35. The van der Waals surface area contributed by atoms with Gasteiger partial charge in [0, 0.05) is 13.2 Å². The van der Waals surface area contributed by atoms with Crippen molar-refractivity contribution >= 4 is 21.7 Å². The highest BCUT2D eigenvalue weighted by atomic mass is 79.9. The van der Waals surface area contributed by atoms with Gasteiger partial charge in [0.2, 0.25) is 0 Å². The molecule has 12 heavy (non-hydrogen) atoms. The maximum atomic E-state index is 5.17. The van der Waals surface area contributed by atoms with Gasteiger partial charge in [0.15, 0.2) is 0 Å². The molecule has 0 amide bonds. The summed E-state index contributed by atoms with van der Waals surface area (Å²) in [4.78, 5) is 9.79. The first-order valence-corrected chi connectivity index (χ1v) is 4.15. The summed E-state index contributed by atoms with van der Waals surface area (Å²) in [7, 11) is 1.88. The molecule has 3 nitrogen and oxygen atoms in total. The van der Waals surface area contributed by atoms with Crippen LogP contribution in [0.25, 0.3) is 0 Å². The summed E-state index contributed by atoms with van der Waals surface area (Å²) in [5.41, 5.74) is 0. The molecule has 0 aromatic carbocycles. The first kappa shape index (κ1) is 9.01. The number of nitrogens with zero attached hydrogens (tertiary/aromatic N) is 3. The van der Waals surface area contributed by atoms with E-state index < -0.39 is 0 Å². The Bertz CT molecular complexity index is 305. The van der Waals surface area contributed by atoms with Crippen molar-refractivity contribution in [3.05, 3.63) is 17.0 Å². The van der Waals surface area contributed by atoms with Gasteiger partial charge in [0.05, 0.1) is 11.0 Å². The second-order valence-electron chi connectivity index (χ2n) is 2.25. The fourth-order valence-electron chi connectivity index (χ4n) is 0.799. The minimum Gasteiger partial charge on any atom is -0.347 e. The summed E-state index contributed by atoms with van der Waals surface area (Å²) in [6.45, 7) is 0.537. The predicted molar refractivity (Wildman–Crippen MR) is 51.8 cm³/mol. The van der Waals surface area contributed by atoms with Crippen molar-refractivity contribution in [1.29, 1.82) is 0 Å². The van der Waals surface area contributed by atoms with E-state index in [0.29, 0.717) is 6.54 Å². The molecule has 0 saturated carbocycles. The Morgan fingerprint density at radius 1 is 1.75 bits per heavy atom. The zero-order chi connectivity index (χ0) is 8.97. The second-order valence-corrected chi connectivity index (χ2v) is 3.11. The van der Waals surface area contributed by atoms with Gasteiger partial charge in [-0.3, -0.25) is 0 Å². The van der Waals surface area contributed by atoms with Crippen molar-refractivity contribution in [3.8, 4) is 12.3 Å². The average Bonchev–Trinajstić information content (AvgIpc) is 2.05. The van der Waals surface area contributed by atoms with E-state index in [1.165, 1.54) is 6.33 Å². The van der Waals surface area contributed by atoms with Crippen molar-refractivity contribution in [2.75, 3.05) is 18.5 Å². The third-order valence-corrected chi connectivity index (χ3v) is 1.90. The molecule has 0 fully saturated rings. The van der Waals surface area contributed by atoms with Gasteiger partial charge in [-0.1, -0.05) is 5.92 Å². The lowest BCUT2D eigenvalue weighted by Gasteiger charge is -2.15. The zero-order valence-corrected chi connectivity index (χ0v) is 8.24. The highest BCUT2D eigenvalue weighted by Gasteiger charge is 2.04. The van der Waals surface area contributed by atoms with Crippen LogP contribution in [0.5, 0.6) is 0 Å². The summed E-state index contributed by atoms with van der Waals surface area (Å²) in [6, 6.07) is 0. The van der Waals surface area contributed by atoms with Crippen molar-refractivity contribution in [1.82, 2.24) is 9.97 Å². The monoisotopic (exact) mass is 225 g/mol. The number of hydrogen-bond acceptors (Lipinski definition) is 3. The molecule has 0 aliphatic carbocycles. The number of terminal acetylenes is 1. The van der Waals surface area contributed by atoms with E-state index in [-0.39, 0.29) is 0 Å². The first-order valence-electron chi connectivity index (χ1n) is 3.36. The summed E-state index contributed by atoms with van der Waals surface area (Å²) in [5, 5.41) is 0. The topological polar surface area (TPSA) is 29.0 Å². The maximum Gasteiger partial charge on any atom is 0.146 e. The predicted octanol–water partition coefficient (Wildman–Crippen LogP) is 1.31. The molecular formula is C8H8BrN3. The number of anilines is 1. The minimum absolute atomic E-state index is 0.537. The maximum absolute atomic E-state index is 5.17. The minimum atomic E-state index is 0.537. The van der Waals surface area contributed by atoms with Crippen LogP contribution in [0.3, 0.4) is 0 Å². The Kier molecular flexibility index (Phi) is 3.06. The van der Waals surface area contributed by atoms with E-state index >= 15 is 0 Å². The van der Waals surface area contributed by atoms with Gasteiger partial charge < -0.3 is 4.90 Å². The third-order valence-electron chi connectivity index (χ3n) is 1.34. The molecule has 0 bridgehead atoms. The molecule has 1 heterocycles. The molecule has 1 rings (SSSR count). The number of rotatable bonds is 2. The lowest BCUT2D eigenvalue weighted by Crippen LogP contribution is -2.18. The number of hydrogen-bond donors (Lipinski definition) is 0. The summed E-state index contributed by atoms with van der Waals surface area (Å²) < 4.78 is 0.850. The van der Waals surface area contributed by atoms with Crippen LogP contribution in [-0.4, -0.2) is 23.6 Å². The molecule has 0 atom stereocenters. The van der Waals surface area contributed by atoms with Gasteiger partial charge in [-0.25, -0.2) is 9.97 Å². The number of aromatic nitrogens is 2. The summed E-state index contributed by atoms with van der Waals surface area (Å²) in [5.74, 6) is 3.35. The molecular weight excluding hydrogens is 218 g/mol. The van der Waals surface area contributed by atoms with Gasteiger partial charge in [-0.15, -0.1) is 6.42 Å². The van der Waals surface area contributed by atoms with Gasteiger partial charge in [-0.2, -0.15) is 0 Å². The van der Waals surface area contributed by atoms with E-state index in [1.54, 1.807) is 6.20 Å². The van der Waals surface area contributed by atoms with Crippen LogP contribution < -0.4 is 4.90 Å².